The van der Waals surface area contributed by atoms with Crippen LogP contribution in [0, 0.1) is 0 Å². The van der Waals surface area contributed by atoms with E-state index in [1.165, 1.54) is 11.8 Å². The lowest BCUT2D eigenvalue weighted by atomic mass is 10.2. The molecule has 3 aromatic rings. The van der Waals surface area contributed by atoms with Crippen LogP contribution in [-0.2, 0) is 21.5 Å². The lowest BCUT2D eigenvalue weighted by molar-refractivity contribution is -0.137. The van der Waals surface area contributed by atoms with Gasteiger partial charge in [-0.3, -0.25) is 14.9 Å². The van der Waals surface area contributed by atoms with Crippen molar-refractivity contribution in [2.45, 2.75) is 16.3 Å². The smallest absolute Gasteiger partial charge is 0.324 e. The standard InChI is InChI=1S/C20H16ClF3N4O2S3/c21-14-7-6-13(20(22,23)24)8-15(14)25-17(30)11-32-19-28-27-18(33-19)26-16(29)10-31-9-12-4-2-1-3-5-12/h1-8H,9-11H2,(H,25,30)(H,26,27,29). The summed E-state index contributed by atoms with van der Waals surface area (Å²) < 4.78 is 38.9. The first-order chi connectivity index (χ1) is 15.7. The van der Waals surface area contributed by atoms with Crippen LogP contribution in [-0.4, -0.2) is 33.5 Å². The number of thioether (sulfide) groups is 2. The molecule has 0 saturated carbocycles. The number of carbonyl (C=O) groups excluding carboxylic acids is 2. The summed E-state index contributed by atoms with van der Waals surface area (Å²) in [4.78, 5) is 24.2. The minimum atomic E-state index is -4.55. The fourth-order valence-corrected chi connectivity index (χ4v) is 4.94. The zero-order valence-corrected chi connectivity index (χ0v) is 19.9. The summed E-state index contributed by atoms with van der Waals surface area (Å²) in [5.41, 5.74) is 0.0752. The van der Waals surface area contributed by atoms with E-state index in [0.717, 1.165) is 46.9 Å². The zero-order chi connectivity index (χ0) is 23.8. The van der Waals surface area contributed by atoms with Gasteiger partial charge in [0.05, 0.1) is 27.8 Å². The average molecular weight is 533 g/mol. The Bertz CT molecular complexity index is 1110. The second-order valence-corrected chi connectivity index (χ2v) is 10.0. The Balaban J connectivity index is 1.44. The number of hydrogen-bond donors (Lipinski definition) is 2. The quantitative estimate of drug-likeness (QED) is 0.267. The van der Waals surface area contributed by atoms with Crippen LogP contribution in [0.3, 0.4) is 0 Å². The molecule has 2 N–H and O–H groups in total. The van der Waals surface area contributed by atoms with Crippen molar-refractivity contribution in [3.8, 4) is 0 Å². The number of nitrogens with zero attached hydrogens (tertiary/aromatic N) is 2. The Morgan fingerprint density at radius 2 is 1.73 bits per heavy atom. The number of rotatable bonds is 9. The fourth-order valence-electron chi connectivity index (χ4n) is 2.42. The summed E-state index contributed by atoms with van der Waals surface area (Å²) in [5.74, 6) is 0.0512. The van der Waals surface area contributed by atoms with Crippen molar-refractivity contribution in [3.05, 3.63) is 64.7 Å². The lowest BCUT2D eigenvalue weighted by Crippen LogP contribution is -2.15. The molecule has 0 atom stereocenters. The highest BCUT2D eigenvalue weighted by Gasteiger charge is 2.31. The van der Waals surface area contributed by atoms with E-state index in [9.17, 15) is 22.8 Å². The first kappa shape index (κ1) is 25.3. The monoisotopic (exact) mass is 532 g/mol. The summed E-state index contributed by atoms with van der Waals surface area (Å²) in [7, 11) is 0. The van der Waals surface area contributed by atoms with Gasteiger partial charge in [-0.05, 0) is 23.8 Å². The number of hydrogen-bond acceptors (Lipinski definition) is 7. The largest absolute Gasteiger partial charge is 0.416 e. The number of carbonyl (C=O) groups is 2. The Hall–Kier alpha value is -2.28. The van der Waals surface area contributed by atoms with Gasteiger partial charge in [0.25, 0.3) is 0 Å². The summed E-state index contributed by atoms with van der Waals surface area (Å²) in [5, 5.41) is 13.1. The van der Waals surface area contributed by atoms with Crippen molar-refractivity contribution in [1.82, 2.24) is 10.2 Å². The van der Waals surface area contributed by atoms with E-state index in [-0.39, 0.29) is 28.1 Å². The third kappa shape index (κ3) is 8.22. The van der Waals surface area contributed by atoms with Gasteiger partial charge in [0, 0.05) is 5.75 Å². The minimum Gasteiger partial charge on any atom is -0.324 e. The van der Waals surface area contributed by atoms with Crippen LogP contribution in [0.1, 0.15) is 11.1 Å². The van der Waals surface area contributed by atoms with E-state index in [0.29, 0.717) is 15.2 Å². The molecule has 174 valence electrons. The summed E-state index contributed by atoms with van der Waals surface area (Å²) >= 11 is 9.47. The zero-order valence-electron chi connectivity index (χ0n) is 16.7. The molecule has 33 heavy (non-hydrogen) atoms. The van der Waals surface area contributed by atoms with Crippen LogP contribution in [0.4, 0.5) is 24.0 Å². The molecule has 1 heterocycles. The van der Waals surface area contributed by atoms with Gasteiger partial charge in [-0.2, -0.15) is 13.2 Å². The maximum Gasteiger partial charge on any atom is 0.416 e. The molecule has 6 nitrogen and oxygen atoms in total. The van der Waals surface area contributed by atoms with Crippen LogP contribution in [0.5, 0.6) is 0 Å². The summed E-state index contributed by atoms with van der Waals surface area (Å²) in [6.07, 6.45) is -4.55. The van der Waals surface area contributed by atoms with E-state index in [1.54, 1.807) is 0 Å². The van der Waals surface area contributed by atoms with Crippen LogP contribution < -0.4 is 10.6 Å². The van der Waals surface area contributed by atoms with Crippen molar-refractivity contribution in [3.63, 3.8) is 0 Å². The fraction of sp³-hybridized carbons (Fsp3) is 0.200. The third-order valence-electron chi connectivity index (χ3n) is 3.89. The molecular weight excluding hydrogens is 517 g/mol. The number of amides is 2. The SMILES string of the molecule is O=C(CSCc1ccccc1)Nc1nnc(SCC(=O)Nc2cc(C(F)(F)F)ccc2Cl)s1. The van der Waals surface area contributed by atoms with Crippen LogP contribution in [0.2, 0.25) is 5.02 Å². The van der Waals surface area contributed by atoms with Crippen molar-refractivity contribution in [2.24, 2.45) is 0 Å². The van der Waals surface area contributed by atoms with Gasteiger partial charge in [0.2, 0.25) is 16.9 Å². The Kier molecular flexibility index (Phi) is 9.01. The van der Waals surface area contributed by atoms with Gasteiger partial charge in [-0.15, -0.1) is 22.0 Å². The molecular formula is C20H16ClF3N4O2S3. The molecule has 0 fully saturated rings. The van der Waals surface area contributed by atoms with Crippen LogP contribution in [0.15, 0.2) is 52.9 Å². The summed E-state index contributed by atoms with van der Waals surface area (Å²) in [6.45, 7) is 0. The maximum absolute atomic E-state index is 12.8. The highest BCUT2D eigenvalue weighted by molar-refractivity contribution is 8.01. The number of alkyl halides is 3. The molecule has 3 rings (SSSR count). The molecule has 0 aliphatic heterocycles. The summed E-state index contributed by atoms with van der Waals surface area (Å²) in [6, 6.07) is 12.5. The molecule has 0 unspecified atom stereocenters. The van der Waals surface area contributed by atoms with Gasteiger partial charge in [0.15, 0.2) is 4.34 Å². The average Bonchev–Trinajstić information content (AvgIpc) is 3.21. The number of benzene rings is 2. The van der Waals surface area contributed by atoms with Crippen molar-refractivity contribution in [2.75, 3.05) is 22.1 Å². The Labute approximate surface area is 204 Å². The van der Waals surface area contributed by atoms with E-state index in [1.807, 2.05) is 30.3 Å². The molecule has 2 aromatic carbocycles. The van der Waals surface area contributed by atoms with Gasteiger partial charge >= 0.3 is 6.18 Å². The molecule has 13 heteroatoms. The second kappa shape index (κ2) is 11.7. The minimum absolute atomic E-state index is 0.00704. The maximum atomic E-state index is 12.8. The van der Waals surface area contributed by atoms with E-state index >= 15 is 0 Å². The second-order valence-electron chi connectivity index (χ2n) is 6.43. The van der Waals surface area contributed by atoms with Gasteiger partial charge < -0.3 is 5.32 Å². The normalized spacial score (nSPS) is 11.3. The predicted molar refractivity (Wildman–Crippen MR) is 127 cm³/mol. The number of nitrogens with one attached hydrogen (secondary N) is 2. The van der Waals surface area contributed by atoms with Gasteiger partial charge in [-0.25, -0.2) is 0 Å². The van der Waals surface area contributed by atoms with Crippen LogP contribution >= 0.6 is 46.5 Å². The van der Waals surface area contributed by atoms with Crippen molar-refractivity contribution >= 4 is 69.1 Å². The highest BCUT2D eigenvalue weighted by Crippen LogP contribution is 2.34. The first-order valence-corrected chi connectivity index (χ1v) is 12.6. The van der Waals surface area contributed by atoms with Gasteiger partial charge in [-0.1, -0.05) is 65.0 Å². The van der Waals surface area contributed by atoms with Crippen molar-refractivity contribution in [1.29, 1.82) is 0 Å². The van der Waals surface area contributed by atoms with E-state index < -0.39 is 17.6 Å². The highest BCUT2D eigenvalue weighted by atomic mass is 35.5. The molecule has 0 spiro atoms. The molecule has 0 radical (unpaired) electrons. The number of halogens is 4. The van der Waals surface area contributed by atoms with E-state index in [2.05, 4.69) is 20.8 Å². The molecule has 0 bridgehead atoms. The molecule has 0 aliphatic carbocycles. The molecule has 0 saturated heterocycles. The molecule has 0 aliphatic rings. The number of aromatic nitrogens is 2. The van der Waals surface area contributed by atoms with Gasteiger partial charge in [0.1, 0.15) is 0 Å². The number of anilines is 2. The van der Waals surface area contributed by atoms with E-state index in [4.69, 9.17) is 11.6 Å². The topological polar surface area (TPSA) is 84.0 Å². The third-order valence-corrected chi connectivity index (χ3v) is 7.20. The molecule has 2 amide bonds. The van der Waals surface area contributed by atoms with Crippen molar-refractivity contribution < 1.29 is 22.8 Å². The predicted octanol–water partition coefficient (Wildman–Crippen LogP) is 5.81. The molecule has 1 aromatic heterocycles. The lowest BCUT2D eigenvalue weighted by Gasteiger charge is -2.11. The van der Waals surface area contributed by atoms with Crippen LogP contribution in [0.25, 0.3) is 0 Å². The Morgan fingerprint density at radius 3 is 2.45 bits per heavy atom. The Morgan fingerprint density at radius 1 is 1.00 bits per heavy atom. The first-order valence-electron chi connectivity index (χ1n) is 9.25.